The number of quaternary nitrogens is 1. The Morgan fingerprint density at radius 2 is 1.09 bits per heavy atom. The predicted molar refractivity (Wildman–Crippen MR) is 230 cm³/mol. The van der Waals surface area contributed by atoms with E-state index in [1.54, 1.807) is 0 Å². The number of aliphatic hydroxyl groups excluding tert-OH is 1. The van der Waals surface area contributed by atoms with Crippen molar-refractivity contribution in [1.82, 2.24) is 0 Å². The van der Waals surface area contributed by atoms with E-state index in [4.69, 9.17) is 18.5 Å². The standard InChI is InChI=1S/C45H82NO9P/c1-6-7-8-9-10-11-12-13-18-21-24-27-30-33-36-44(48)52-40-43(41-54-56(50,51)53-39-38-46(3,4)5)55-45(49)37-34-31-28-25-22-19-16-14-15-17-20-23-26-29-32-35-42(2)47/h15-17,19,23,25-26,28,42-43,47H,6-14,18,20-22,24,27,29-41H2,1-5H3/p+1/b17-15-,19-16-,26-23-,28-25-/t42-,43+/m0/s1. The Labute approximate surface area is 342 Å². The van der Waals surface area contributed by atoms with Crippen LogP contribution < -0.4 is 0 Å². The van der Waals surface area contributed by atoms with Crippen molar-refractivity contribution in [2.45, 2.75) is 180 Å². The van der Waals surface area contributed by atoms with E-state index < -0.39 is 26.5 Å². The highest BCUT2D eigenvalue weighted by atomic mass is 31.2. The molecule has 0 aromatic heterocycles. The summed E-state index contributed by atoms with van der Waals surface area (Å²) in [6.45, 7) is 3.89. The minimum absolute atomic E-state index is 0.0153. The number of phosphoric ester groups is 1. The number of allylic oxidation sites excluding steroid dienone is 8. The van der Waals surface area contributed by atoms with Gasteiger partial charge < -0.3 is 24.0 Å². The van der Waals surface area contributed by atoms with Crippen LogP contribution in [0.15, 0.2) is 48.6 Å². The maximum atomic E-state index is 12.7. The largest absolute Gasteiger partial charge is 0.472 e. The highest BCUT2D eigenvalue weighted by Gasteiger charge is 2.27. The van der Waals surface area contributed by atoms with Gasteiger partial charge in [0.15, 0.2) is 6.10 Å². The second-order valence-corrected chi connectivity index (χ2v) is 17.5. The summed E-state index contributed by atoms with van der Waals surface area (Å²) in [6, 6.07) is 0. The summed E-state index contributed by atoms with van der Waals surface area (Å²) in [5.41, 5.74) is 0. The third-order valence-electron chi connectivity index (χ3n) is 9.13. The molecule has 0 aromatic carbocycles. The van der Waals surface area contributed by atoms with Gasteiger partial charge >= 0.3 is 19.8 Å². The zero-order valence-electron chi connectivity index (χ0n) is 36.2. The summed E-state index contributed by atoms with van der Waals surface area (Å²) in [6.07, 6.45) is 40.1. The maximum Gasteiger partial charge on any atom is 0.472 e. The first-order valence-electron chi connectivity index (χ1n) is 21.9. The second kappa shape index (κ2) is 37.2. The number of esters is 2. The summed E-state index contributed by atoms with van der Waals surface area (Å²) in [7, 11) is 1.42. The molecule has 0 heterocycles. The summed E-state index contributed by atoms with van der Waals surface area (Å²) in [5, 5.41) is 9.28. The van der Waals surface area contributed by atoms with Gasteiger partial charge in [-0.1, -0.05) is 139 Å². The number of ether oxygens (including phenoxy) is 2. The van der Waals surface area contributed by atoms with Crippen LogP contribution in [0.3, 0.4) is 0 Å². The van der Waals surface area contributed by atoms with Crippen molar-refractivity contribution in [1.29, 1.82) is 0 Å². The average molecular weight is 813 g/mol. The van der Waals surface area contributed by atoms with Crippen LogP contribution in [-0.4, -0.2) is 86.1 Å². The molecule has 0 amide bonds. The Hall–Kier alpha value is -2.07. The number of hydrogen-bond acceptors (Lipinski definition) is 8. The van der Waals surface area contributed by atoms with Gasteiger partial charge in [0.1, 0.15) is 19.8 Å². The van der Waals surface area contributed by atoms with E-state index in [1.165, 1.54) is 70.6 Å². The summed E-state index contributed by atoms with van der Waals surface area (Å²) in [4.78, 5) is 35.3. The van der Waals surface area contributed by atoms with E-state index in [9.17, 15) is 24.2 Å². The summed E-state index contributed by atoms with van der Waals surface area (Å²) < 4.78 is 34.2. The minimum atomic E-state index is -4.40. The fraction of sp³-hybridized carbons (Fsp3) is 0.778. The van der Waals surface area contributed by atoms with Gasteiger partial charge in [0.05, 0.1) is 33.9 Å². The highest BCUT2D eigenvalue weighted by Crippen LogP contribution is 2.43. The number of aliphatic hydroxyl groups is 1. The lowest BCUT2D eigenvalue weighted by molar-refractivity contribution is -0.870. The minimum Gasteiger partial charge on any atom is -0.462 e. The molecule has 0 spiro atoms. The summed E-state index contributed by atoms with van der Waals surface area (Å²) >= 11 is 0. The predicted octanol–water partition coefficient (Wildman–Crippen LogP) is 11.3. The molecule has 3 atom stereocenters. The molecular formula is C45H83NO9P+. The lowest BCUT2D eigenvalue weighted by Gasteiger charge is -2.24. The van der Waals surface area contributed by atoms with Crippen LogP contribution in [0.5, 0.6) is 0 Å². The average Bonchev–Trinajstić information content (AvgIpc) is 3.13. The number of nitrogens with zero attached hydrogens (tertiary/aromatic N) is 1. The van der Waals surface area contributed by atoms with E-state index in [2.05, 4.69) is 49.5 Å². The van der Waals surface area contributed by atoms with Gasteiger partial charge in [-0.3, -0.25) is 18.6 Å². The fourth-order valence-corrected chi connectivity index (χ4v) is 6.41. The Morgan fingerprint density at radius 3 is 1.59 bits per heavy atom. The van der Waals surface area contributed by atoms with Crippen molar-refractivity contribution in [2.24, 2.45) is 0 Å². The molecule has 0 aliphatic rings. The number of carbonyl (C=O) groups excluding carboxylic acids is 2. The number of likely N-dealkylation sites (N-methyl/N-ethyl adjacent to an activating group) is 1. The van der Waals surface area contributed by atoms with Gasteiger partial charge in [0, 0.05) is 12.8 Å². The molecule has 0 aliphatic carbocycles. The van der Waals surface area contributed by atoms with E-state index in [1.807, 2.05) is 34.1 Å². The third-order valence-corrected chi connectivity index (χ3v) is 10.1. The Morgan fingerprint density at radius 1 is 0.625 bits per heavy atom. The lowest BCUT2D eigenvalue weighted by atomic mass is 10.0. The molecule has 326 valence electrons. The molecule has 0 aliphatic heterocycles. The molecule has 0 saturated heterocycles. The summed E-state index contributed by atoms with van der Waals surface area (Å²) in [5.74, 6) is -0.880. The van der Waals surface area contributed by atoms with Gasteiger partial charge in [0.25, 0.3) is 0 Å². The maximum absolute atomic E-state index is 12.7. The van der Waals surface area contributed by atoms with Gasteiger partial charge in [-0.25, -0.2) is 4.57 Å². The molecule has 0 saturated carbocycles. The van der Waals surface area contributed by atoms with Crippen LogP contribution in [0.1, 0.15) is 168 Å². The molecule has 0 aromatic rings. The van der Waals surface area contributed by atoms with E-state index in [0.717, 1.165) is 57.8 Å². The fourth-order valence-electron chi connectivity index (χ4n) is 5.67. The van der Waals surface area contributed by atoms with Crippen molar-refractivity contribution >= 4 is 19.8 Å². The Balaban J connectivity index is 4.46. The zero-order chi connectivity index (χ0) is 41.6. The van der Waals surface area contributed by atoms with Crippen LogP contribution in [0, 0.1) is 0 Å². The molecular weight excluding hydrogens is 729 g/mol. The van der Waals surface area contributed by atoms with Crippen molar-refractivity contribution in [3.05, 3.63) is 48.6 Å². The Bertz CT molecular complexity index is 1110. The first-order chi connectivity index (χ1) is 26.8. The van der Waals surface area contributed by atoms with Gasteiger partial charge in [-0.15, -0.1) is 0 Å². The lowest BCUT2D eigenvalue weighted by Crippen LogP contribution is -2.37. The zero-order valence-corrected chi connectivity index (χ0v) is 37.1. The smallest absolute Gasteiger partial charge is 0.462 e. The quantitative estimate of drug-likeness (QED) is 0.0205. The molecule has 1 unspecified atom stereocenters. The number of phosphoric acid groups is 1. The van der Waals surface area contributed by atoms with Crippen molar-refractivity contribution in [3.8, 4) is 0 Å². The van der Waals surface area contributed by atoms with Crippen LogP contribution in [0.2, 0.25) is 0 Å². The molecule has 0 rings (SSSR count). The first-order valence-corrected chi connectivity index (χ1v) is 23.4. The number of unbranched alkanes of at least 4 members (excludes halogenated alkanes) is 15. The molecule has 0 radical (unpaired) electrons. The van der Waals surface area contributed by atoms with Crippen molar-refractivity contribution in [2.75, 3.05) is 47.5 Å². The SMILES string of the molecule is CCCCCCCCCCCCCCCCC(=O)OC[C@H](COP(=O)(O)OCC[N+](C)(C)C)OC(=O)CCC/C=C\C/C=C\C/C=C\C/C=C\CCC[C@H](C)O. The van der Waals surface area contributed by atoms with Gasteiger partial charge in [-0.05, 0) is 64.7 Å². The van der Waals surface area contributed by atoms with Crippen LogP contribution in [-0.2, 0) is 32.7 Å². The van der Waals surface area contributed by atoms with E-state index in [-0.39, 0.29) is 38.1 Å². The first kappa shape index (κ1) is 53.9. The molecule has 0 fully saturated rings. The highest BCUT2D eigenvalue weighted by molar-refractivity contribution is 7.47. The normalized spacial score (nSPS) is 14.6. The third kappa shape index (κ3) is 41.6. The van der Waals surface area contributed by atoms with Crippen molar-refractivity contribution in [3.63, 3.8) is 0 Å². The number of hydrogen-bond donors (Lipinski definition) is 2. The number of rotatable bonds is 39. The molecule has 11 heteroatoms. The number of carbonyl (C=O) groups is 2. The van der Waals surface area contributed by atoms with Crippen LogP contribution >= 0.6 is 7.82 Å². The van der Waals surface area contributed by atoms with E-state index in [0.29, 0.717) is 23.9 Å². The van der Waals surface area contributed by atoms with Crippen LogP contribution in [0.4, 0.5) is 0 Å². The topological polar surface area (TPSA) is 129 Å². The monoisotopic (exact) mass is 813 g/mol. The molecule has 2 N–H and O–H groups in total. The van der Waals surface area contributed by atoms with E-state index >= 15 is 0 Å². The van der Waals surface area contributed by atoms with Crippen molar-refractivity contribution < 1.29 is 47.2 Å². The molecule has 0 bridgehead atoms. The molecule has 56 heavy (non-hydrogen) atoms. The Kier molecular flexibility index (Phi) is 35.8. The van der Waals surface area contributed by atoms with Gasteiger partial charge in [0.2, 0.25) is 0 Å². The van der Waals surface area contributed by atoms with Crippen LogP contribution in [0.25, 0.3) is 0 Å². The second-order valence-electron chi connectivity index (χ2n) is 16.0. The molecule has 10 nitrogen and oxygen atoms in total. The van der Waals surface area contributed by atoms with Gasteiger partial charge in [-0.2, -0.15) is 0 Å².